The van der Waals surface area contributed by atoms with E-state index in [1.54, 1.807) is 11.0 Å². The van der Waals surface area contributed by atoms with Gasteiger partial charge in [-0.1, -0.05) is 54.4 Å². The molecule has 0 aromatic heterocycles. The Kier molecular flexibility index (Phi) is 7.21. The second-order valence-electron chi connectivity index (χ2n) is 11.8. The first-order valence-corrected chi connectivity index (χ1v) is 14.3. The van der Waals surface area contributed by atoms with E-state index in [9.17, 15) is 19.8 Å². The zero-order valence-corrected chi connectivity index (χ0v) is 22.5. The summed E-state index contributed by atoms with van der Waals surface area (Å²) in [7, 11) is 0. The van der Waals surface area contributed by atoms with Crippen LogP contribution >= 0.6 is 0 Å². The second kappa shape index (κ2) is 10.8. The molecular weight excluding hydrogens is 492 g/mol. The van der Waals surface area contributed by atoms with E-state index >= 15 is 0 Å². The van der Waals surface area contributed by atoms with Crippen LogP contribution in [0.2, 0.25) is 0 Å². The molecule has 2 saturated carbocycles. The molecule has 7 heteroatoms. The van der Waals surface area contributed by atoms with Crippen molar-refractivity contribution in [2.45, 2.75) is 69.7 Å². The summed E-state index contributed by atoms with van der Waals surface area (Å²) in [5.74, 6) is 1.63. The van der Waals surface area contributed by atoms with Crippen molar-refractivity contribution < 1.29 is 24.5 Å². The van der Waals surface area contributed by atoms with Gasteiger partial charge in [-0.05, 0) is 61.6 Å². The summed E-state index contributed by atoms with van der Waals surface area (Å²) in [5, 5.41) is 23.9. The molecule has 3 N–H and O–H groups in total. The van der Waals surface area contributed by atoms with Gasteiger partial charge < -0.3 is 25.2 Å². The van der Waals surface area contributed by atoms with Crippen LogP contribution in [0, 0.1) is 24.7 Å². The summed E-state index contributed by atoms with van der Waals surface area (Å²) in [6, 6.07) is 14.9. The number of para-hydroxylation sites is 1. The van der Waals surface area contributed by atoms with Crippen LogP contribution in [0.25, 0.3) is 0 Å². The molecule has 39 heavy (non-hydrogen) atoms. The highest BCUT2D eigenvalue weighted by Crippen LogP contribution is 2.50. The monoisotopic (exact) mass is 530 g/mol. The largest absolute Gasteiger partial charge is 0.486 e. The van der Waals surface area contributed by atoms with Gasteiger partial charge in [0.25, 0.3) is 0 Å². The molecule has 2 aromatic carbocycles. The number of hydrogen-bond donors (Lipinski definition) is 3. The Morgan fingerprint density at radius 2 is 1.87 bits per heavy atom. The molecule has 1 aliphatic heterocycles. The molecule has 2 amide bonds. The van der Waals surface area contributed by atoms with Crippen LogP contribution in [0.4, 0.5) is 0 Å². The van der Waals surface area contributed by atoms with Gasteiger partial charge in [0.1, 0.15) is 18.0 Å². The van der Waals surface area contributed by atoms with Gasteiger partial charge in [0.2, 0.25) is 11.8 Å². The molecule has 0 saturated heterocycles. The van der Waals surface area contributed by atoms with E-state index in [0.29, 0.717) is 36.1 Å². The highest BCUT2D eigenvalue weighted by Gasteiger charge is 2.51. The van der Waals surface area contributed by atoms with Crippen LogP contribution in [0.1, 0.15) is 54.7 Å². The highest BCUT2D eigenvalue weighted by atomic mass is 16.5. The number of aliphatic hydroxyl groups excluding tert-OH is 2. The van der Waals surface area contributed by atoms with E-state index in [4.69, 9.17) is 4.74 Å². The molecule has 2 aromatic rings. The molecule has 3 aliphatic carbocycles. The van der Waals surface area contributed by atoms with Crippen molar-refractivity contribution in [1.29, 1.82) is 0 Å². The number of rotatable bonds is 8. The fraction of sp³-hybridized carbons (Fsp3) is 0.500. The lowest BCUT2D eigenvalue weighted by Gasteiger charge is -2.41. The number of ether oxygens (including phenoxy) is 1. The first-order chi connectivity index (χ1) is 18.9. The first-order valence-electron chi connectivity index (χ1n) is 14.3. The van der Waals surface area contributed by atoms with Crippen molar-refractivity contribution >= 4 is 11.8 Å². The topological polar surface area (TPSA) is 99.1 Å². The van der Waals surface area contributed by atoms with Crippen LogP contribution in [-0.2, 0) is 16.1 Å². The summed E-state index contributed by atoms with van der Waals surface area (Å²) >= 11 is 0. The van der Waals surface area contributed by atoms with Gasteiger partial charge in [-0.2, -0.15) is 0 Å². The second-order valence-corrected chi connectivity index (χ2v) is 11.8. The highest BCUT2D eigenvalue weighted by molar-refractivity contribution is 5.96. The average molecular weight is 531 g/mol. The summed E-state index contributed by atoms with van der Waals surface area (Å²) < 4.78 is 6.25. The lowest BCUT2D eigenvalue weighted by Crippen LogP contribution is -2.55. The predicted octanol–water partition coefficient (Wildman–Crippen LogP) is 3.47. The number of nitrogens with zero attached hydrogens (tertiary/aromatic N) is 1. The molecular formula is C32H38N2O5. The third kappa shape index (κ3) is 4.98. The van der Waals surface area contributed by atoms with E-state index < -0.39 is 24.2 Å². The Morgan fingerprint density at radius 3 is 2.59 bits per heavy atom. The molecule has 3 unspecified atom stereocenters. The van der Waals surface area contributed by atoms with Gasteiger partial charge in [-0.25, -0.2) is 0 Å². The molecule has 2 fully saturated rings. The normalized spacial score (nSPS) is 30.2. The van der Waals surface area contributed by atoms with Gasteiger partial charge in [-0.15, -0.1) is 0 Å². The standard InChI is InChI=1S/C32H38N2O5/c1-19-6-8-20(9-7-19)18-34(28(36)16-23-15-21-10-11-22(23)14-21)26-17-25(32(38)33-12-13-35)29-24-4-2-3-5-27(24)39-31(29)30(26)37/h2-9,17,21-23,26,29-31,35,37H,10-16,18H2,1H3,(H,33,38)/t21?,22?,23?,26-,29+,30+,31+/m1/s1. The molecule has 206 valence electrons. The van der Waals surface area contributed by atoms with Crippen LogP contribution in [0.3, 0.4) is 0 Å². The van der Waals surface area contributed by atoms with Crippen molar-refractivity contribution in [3.8, 4) is 5.75 Å². The Hall–Kier alpha value is -3.16. The van der Waals surface area contributed by atoms with Gasteiger partial charge in [0.15, 0.2) is 0 Å². The van der Waals surface area contributed by atoms with Crippen molar-refractivity contribution in [1.82, 2.24) is 10.2 Å². The molecule has 7 atom stereocenters. The summed E-state index contributed by atoms with van der Waals surface area (Å²) in [6.07, 6.45) is 5.36. The third-order valence-electron chi connectivity index (χ3n) is 9.35. The molecule has 2 bridgehead atoms. The maximum Gasteiger partial charge on any atom is 0.247 e. The first kappa shape index (κ1) is 26.1. The zero-order chi connectivity index (χ0) is 27.1. The number of fused-ring (bicyclic) bond motifs is 5. The summed E-state index contributed by atoms with van der Waals surface area (Å²) in [4.78, 5) is 29.2. The van der Waals surface area contributed by atoms with Crippen LogP contribution < -0.4 is 10.1 Å². The van der Waals surface area contributed by atoms with Crippen LogP contribution in [0.5, 0.6) is 5.75 Å². The van der Waals surface area contributed by atoms with Gasteiger partial charge in [0.05, 0.1) is 18.6 Å². The Morgan fingerprint density at radius 1 is 1.08 bits per heavy atom. The summed E-state index contributed by atoms with van der Waals surface area (Å²) in [6.45, 7) is 2.32. The van der Waals surface area contributed by atoms with E-state index in [0.717, 1.165) is 29.0 Å². The smallest absolute Gasteiger partial charge is 0.247 e. The quantitative estimate of drug-likeness (QED) is 0.486. The molecule has 7 nitrogen and oxygen atoms in total. The lowest BCUT2D eigenvalue weighted by atomic mass is 9.77. The minimum Gasteiger partial charge on any atom is -0.486 e. The maximum absolute atomic E-state index is 14.1. The fourth-order valence-electron chi connectivity index (χ4n) is 7.41. The van der Waals surface area contributed by atoms with Gasteiger partial charge in [0, 0.05) is 30.6 Å². The number of nitrogens with one attached hydrogen (secondary N) is 1. The Balaban J connectivity index is 1.35. The number of carbonyl (C=O) groups is 2. The van der Waals surface area contributed by atoms with E-state index in [-0.39, 0.29) is 25.0 Å². The average Bonchev–Trinajstić information content (AvgIpc) is 3.67. The Labute approximate surface area is 229 Å². The van der Waals surface area contributed by atoms with Crippen molar-refractivity contribution in [3.05, 3.63) is 76.9 Å². The number of benzene rings is 2. The minimum atomic E-state index is -1.01. The lowest BCUT2D eigenvalue weighted by molar-refractivity contribution is -0.139. The third-order valence-corrected chi connectivity index (χ3v) is 9.35. The number of amides is 2. The van der Waals surface area contributed by atoms with Crippen LogP contribution in [-0.4, -0.2) is 58.3 Å². The number of aryl methyl sites for hydroxylation is 1. The minimum absolute atomic E-state index is 0.0116. The van der Waals surface area contributed by atoms with Gasteiger partial charge in [-0.3, -0.25) is 9.59 Å². The van der Waals surface area contributed by atoms with E-state index in [2.05, 4.69) is 5.32 Å². The van der Waals surface area contributed by atoms with Gasteiger partial charge >= 0.3 is 0 Å². The predicted molar refractivity (Wildman–Crippen MR) is 147 cm³/mol. The molecule has 0 radical (unpaired) electrons. The zero-order valence-electron chi connectivity index (χ0n) is 22.5. The fourth-order valence-corrected chi connectivity index (χ4v) is 7.41. The van der Waals surface area contributed by atoms with E-state index in [1.165, 1.54) is 19.3 Å². The van der Waals surface area contributed by atoms with Crippen molar-refractivity contribution in [2.75, 3.05) is 13.2 Å². The van der Waals surface area contributed by atoms with Crippen molar-refractivity contribution in [3.63, 3.8) is 0 Å². The summed E-state index contributed by atoms with van der Waals surface area (Å²) in [5.41, 5.74) is 3.43. The SMILES string of the molecule is Cc1ccc(CN(C(=O)CC2CC3CCC2C3)[C@@H]2C=C(C(=O)NCCO)[C@@H]3c4ccccc4O[C@@H]3[C@H]2O)cc1. The molecule has 1 heterocycles. The molecule has 0 spiro atoms. The maximum atomic E-state index is 14.1. The molecule has 6 rings (SSSR count). The number of aliphatic hydroxyl groups is 2. The van der Waals surface area contributed by atoms with Crippen LogP contribution in [0.15, 0.2) is 60.2 Å². The number of carbonyl (C=O) groups excluding carboxylic acids is 2. The van der Waals surface area contributed by atoms with Crippen molar-refractivity contribution in [2.24, 2.45) is 17.8 Å². The molecule has 4 aliphatic rings. The number of hydrogen-bond acceptors (Lipinski definition) is 5. The Bertz CT molecular complexity index is 1260. The van der Waals surface area contributed by atoms with E-state index in [1.807, 2.05) is 55.5 Å².